The van der Waals surface area contributed by atoms with E-state index in [0.717, 1.165) is 24.8 Å². The van der Waals surface area contributed by atoms with Crippen LogP contribution in [0.15, 0.2) is 0 Å². The van der Waals surface area contributed by atoms with Crippen molar-refractivity contribution in [1.29, 1.82) is 0 Å². The Hall–Kier alpha value is -1.47. The van der Waals surface area contributed by atoms with Crippen LogP contribution in [0.1, 0.15) is 75.0 Å². The SMILES string of the molecule is O=C(NCc1nnc(C2CC2)n1C1CC1)C1COCCN1C1CCCC1. The highest BCUT2D eigenvalue weighted by Crippen LogP contribution is 2.44. The van der Waals surface area contributed by atoms with E-state index < -0.39 is 0 Å². The summed E-state index contributed by atoms with van der Waals surface area (Å²) in [5.74, 6) is 2.74. The van der Waals surface area contributed by atoms with Gasteiger partial charge < -0.3 is 14.6 Å². The largest absolute Gasteiger partial charge is 0.378 e. The van der Waals surface area contributed by atoms with Crippen LogP contribution in [0.5, 0.6) is 0 Å². The molecule has 7 heteroatoms. The Morgan fingerprint density at radius 3 is 2.62 bits per heavy atom. The van der Waals surface area contributed by atoms with Crippen molar-refractivity contribution >= 4 is 5.91 Å². The summed E-state index contributed by atoms with van der Waals surface area (Å²) in [6.45, 7) is 2.59. The first-order valence-electron chi connectivity index (χ1n) is 10.4. The molecule has 1 unspecified atom stereocenters. The summed E-state index contributed by atoms with van der Waals surface area (Å²) in [5.41, 5.74) is 0. The molecule has 0 spiro atoms. The summed E-state index contributed by atoms with van der Waals surface area (Å²) in [6.07, 6.45) is 9.87. The van der Waals surface area contributed by atoms with Crippen molar-refractivity contribution in [2.24, 2.45) is 0 Å². The van der Waals surface area contributed by atoms with Crippen molar-refractivity contribution < 1.29 is 9.53 Å². The highest BCUT2D eigenvalue weighted by molar-refractivity contribution is 5.82. The Morgan fingerprint density at radius 1 is 1.08 bits per heavy atom. The standard InChI is InChI=1S/C19H29N5O2/c25-19(16-12-26-10-9-23(16)14-3-1-2-4-14)20-11-17-21-22-18(13-5-6-13)24(17)15-7-8-15/h13-16H,1-12H2,(H,20,25). The average Bonchev–Trinajstić information content (AvgIpc) is 3.60. The van der Waals surface area contributed by atoms with Gasteiger partial charge in [-0.3, -0.25) is 9.69 Å². The lowest BCUT2D eigenvalue weighted by atomic mass is 10.1. The number of amides is 1. The van der Waals surface area contributed by atoms with Crippen LogP contribution in [0.3, 0.4) is 0 Å². The van der Waals surface area contributed by atoms with Crippen LogP contribution in [0, 0.1) is 0 Å². The van der Waals surface area contributed by atoms with Crippen LogP contribution in [0.25, 0.3) is 0 Å². The Bertz CT molecular complexity index is 661. The molecule has 0 bridgehead atoms. The first-order chi connectivity index (χ1) is 12.8. The number of rotatable bonds is 6. The second kappa shape index (κ2) is 6.93. The number of carbonyl (C=O) groups excluding carboxylic acids is 1. The van der Waals surface area contributed by atoms with Gasteiger partial charge >= 0.3 is 0 Å². The van der Waals surface area contributed by atoms with Crippen LogP contribution in [-0.2, 0) is 16.1 Å². The number of carbonyl (C=O) groups is 1. The molecule has 1 saturated heterocycles. The predicted molar refractivity (Wildman–Crippen MR) is 95.7 cm³/mol. The minimum absolute atomic E-state index is 0.0786. The monoisotopic (exact) mass is 359 g/mol. The number of aromatic nitrogens is 3. The fraction of sp³-hybridized carbons (Fsp3) is 0.842. The van der Waals surface area contributed by atoms with Crippen molar-refractivity contribution in [2.45, 2.75) is 82.0 Å². The third-order valence-electron chi connectivity index (χ3n) is 6.33. The zero-order chi connectivity index (χ0) is 17.5. The number of hydrogen-bond donors (Lipinski definition) is 1. The molecule has 3 saturated carbocycles. The molecule has 1 atom stereocenters. The van der Waals surface area contributed by atoms with Gasteiger partial charge in [-0.25, -0.2) is 0 Å². The number of hydrogen-bond acceptors (Lipinski definition) is 5. The smallest absolute Gasteiger partial charge is 0.240 e. The van der Waals surface area contributed by atoms with Crippen LogP contribution in [-0.4, -0.2) is 57.4 Å². The van der Waals surface area contributed by atoms with Crippen LogP contribution in [0.4, 0.5) is 0 Å². The van der Waals surface area contributed by atoms with Crippen LogP contribution in [0.2, 0.25) is 0 Å². The zero-order valence-corrected chi connectivity index (χ0v) is 15.4. The maximum Gasteiger partial charge on any atom is 0.240 e. The van der Waals surface area contributed by atoms with Crippen molar-refractivity contribution in [3.8, 4) is 0 Å². The van der Waals surface area contributed by atoms with Crippen molar-refractivity contribution in [3.63, 3.8) is 0 Å². The quantitative estimate of drug-likeness (QED) is 0.838. The van der Waals surface area contributed by atoms with Gasteiger partial charge in [-0.1, -0.05) is 12.8 Å². The molecule has 4 aliphatic rings. The van der Waals surface area contributed by atoms with E-state index in [1.165, 1.54) is 51.4 Å². The molecule has 5 rings (SSSR count). The molecule has 1 aliphatic heterocycles. The molecule has 3 aliphatic carbocycles. The van der Waals surface area contributed by atoms with Gasteiger partial charge in [-0.05, 0) is 38.5 Å². The Kier molecular flexibility index (Phi) is 4.44. The molecule has 142 valence electrons. The lowest BCUT2D eigenvalue weighted by molar-refractivity contribution is -0.134. The van der Waals surface area contributed by atoms with Gasteiger partial charge in [0.1, 0.15) is 11.9 Å². The fourth-order valence-electron chi connectivity index (χ4n) is 4.61. The van der Waals surface area contributed by atoms with Crippen molar-refractivity contribution in [3.05, 3.63) is 11.6 Å². The number of ether oxygens (including phenoxy) is 1. The minimum atomic E-state index is -0.160. The normalized spacial score (nSPS) is 27.8. The van der Waals surface area contributed by atoms with Crippen molar-refractivity contribution in [2.75, 3.05) is 19.8 Å². The number of morpholine rings is 1. The second-order valence-electron chi connectivity index (χ2n) is 8.33. The number of nitrogens with zero attached hydrogens (tertiary/aromatic N) is 4. The molecule has 4 fully saturated rings. The van der Waals surface area contributed by atoms with E-state index in [1.54, 1.807) is 0 Å². The summed E-state index contributed by atoms with van der Waals surface area (Å²) in [5, 5.41) is 12.0. The van der Waals surface area contributed by atoms with E-state index in [0.29, 0.717) is 31.2 Å². The summed E-state index contributed by atoms with van der Waals surface area (Å²) >= 11 is 0. The molecule has 2 heterocycles. The van der Waals surface area contributed by atoms with Gasteiger partial charge in [0.15, 0.2) is 5.82 Å². The van der Waals surface area contributed by atoms with E-state index in [1.807, 2.05) is 0 Å². The average molecular weight is 359 g/mol. The molecule has 1 amide bonds. The molecule has 1 aromatic heterocycles. The van der Waals surface area contributed by atoms with Crippen LogP contribution < -0.4 is 5.32 Å². The molecule has 26 heavy (non-hydrogen) atoms. The Morgan fingerprint density at radius 2 is 1.88 bits per heavy atom. The predicted octanol–water partition coefficient (Wildman–Crippen LogP) is 1.75. The third kappa shape index (κ3) is 3.27. The van der Waals surface area contributed by atoms with Gasteiger partial charge in [0.25, 0.3) is 0 Å². The molecule has 0 aromatic carbocycles. The molecule has 1 aromatic rings. The summed E-state index contributed by atoms with van der Waals surface area (Å²) in [4.78, 5) is 15.3. The van der Waals surface area contributed by atoms with E-state index in [2.05, 4.69) is 25.0 Å². The molecule has 0 radical (unpaired) electrons. The first kappa shape index (κ1) is 16.7. The van der Waals surface area contributed by atoms with Crippen LogP contribution >= 0.6 is 0 Å². The van der Waals surface area contributed by atoms with Gasteiger partial charge in [0, 0.05) is 24.5 Å². The summed E-state index contributed by atoms with van der Waals surface area (Å²) in [6, 6.07) is 0.943. The maximum atomic E-state index is 12.9. The van der Waals surface area contributed by atoms with E-state index in [9.17, 15) is 4.79 Å². The maximum absolute atomic E-state index is 12.9. The van der Waals surface area contributed by atoms with Gasteiger partial charge in [-0.2, -0.15) is 0 Å². The van der Waals surface area contributed by atoms with E-state index in [4.69, 9.17) is 4.74 Å². The first-order valence-corrected chi connectivity index (χ1v) is 10.4. The second-order valence-corrected chi connectivity index (χ2v) is 8.33. The highest BCUT2D eigenvalue weighted by atomic mass is 16.5. The number of nitrogens with one attached hydrogen (secondary N) is 1. The van der Waals surface area contributed by atoms with E-state index in [-0.39, 0.29) is 11.9 Å². The molecular weight excluding hydrogens is 330 g/mol. The third-order valence-corrected chi connectivity index (χ3v) is 6.33. The Balaban J connectivity index is 1.25. The van der Waals surface area contributed by atoms with Gasteiger partial charge in [0.2, 0.25) is 5.91 Å². The highest BCUT2D eigenvalue weighted by Gasteiger charge is 2.37. The topological polar surface area (TPSA) is 72.3 Å². The lowest BCUT2D eigenvalue weighted by Crippen LogP contribution is -2.56. The summed E-state index contributed by atoms with van der Waals surface area (Å²) < 4.78 is 7.93. The lowest BCUT2D eigenvalue weighted by Gasteiger charge is -2.38. The van der Waals surface area contributed by atoms with Crippen molar-refractivity contribution in [1.82, 2.24) is 25.0 Å². The van der Waals surface area contributed by atoms with Gasteiger partial charge in [0.05, 0.1) is 19.8 Å². The fourth-order valence-corrected chi connectivity index (χ4v) is 4.61. The Labute approximate surface area is 154 Å². The summed E-state index contributed by atoms with van der Waals surface area (Å²) in [7, 11) is 0. The minimum Gasteiger partial charge on any atom is -0.378 e. The van der Waals surface area contributed by atoms with E-state index >= 15 is 0 Å². The van der Waals surface area contributed by atoms with Gasteiger partial charge in [-0.15, -0.1) is 10.2 Å². The molecule has 1 N–H and O–H groups in total. The molecular formula is C19H29N5O2. The zero-order valence-electron chi connectivity index (χ0n) is 15.4. The molecule has 7 nitrogen and oxygen atoms in total.